The summed E-state index contributed by atoms with van der Waals surface area (Å²) in [6, 6.07) is 21.1. The van der Waals surface area contributed by atoms with Crippen molar-refractivity contribution in [3.8, 4) is 11.5 Å². The molecule has 21 heavy (non-hydrogen) atoms. The average Bonchev–Trinajstić information content (AvgIpc) is 2.49. The molecule has 1 aromatic heterocycles. The minimum absolute atomic E-state index is 0.483. The largest absolute Gasteiger partial charge is 0.457 e. The number of rotatable bonds is 4. The maximum absolute atomic E-state index is 5.80. The predicted octanol–water partition coefficient (Wildman–Crippen LogP) is 4.20. The van der Waals surface area contributed by atoms with Gasteiger partial charge in [-0.3, -0.25) is 0 Å². The van der Waals surface area contributed by atoms with Gasteiger partial charge in [-0.05, 0) is 30.3 Å². The summed E-state index contributed by atoms with van der Waals surface area (Å²) < 4.78 is 5.80. The van der Waals surface area contributed by atoms with Gasteiger partial charge in [-0.2, -0.15) is 0 Å². The number of aromatic nitrogens is 1. The first-order chi connectivity index (χ1) is 10.3. The van der Waals surface area contributed by atoms with Crippen LogP contribution in [0.4, 0.5) is 17.2 Å². The highest BCUT2D eigenvalue weighted by atomic mass is 16.5. The Morgan fingerprint density at radius 2 is 1.57 bits per heavy atom. The molecule has 0 saturated heterocycles. The van der Waals surface area contributed by atoms with Crippen molar-refractivity contribution in [1.82, 2.24) is 4.98 Å². The highest BCUT2D eigenvalue weighted by molar-refractivity contribution is 5.63. The molecule has 104 valence electrons. The van der Waals surface area contributed by atoms with Gasteiger partial charge in [-0.25, -0.2) is 4.98 Å². The Morgan fingerprint density at radius 1 is 0.810 bits per heavy atom. The maximum Gasteiger partial charge on any atom is 0.129 e. The molecule has 0 amide bonds. The van der Waals surface area contributed by atoms with Crippen LogP contribution in [0.15, 0.2) is 72.9 Å². The lowest BCUT2D eigenvalue weighted by Crippen LogP contribution is -1.94. The number of nitrogens with zero attached hydrogens (tertiary/aromatic N) is 1. The number of pyridine rings is 1. The third kappa shape index (κ3) is 3.51. The van der Waals surface area contributed by atoms with E-state index in [1.54, 1.807) is 12.3 Å². The van der Waals surface area contributed by atoms with Crippen molar-refractivity contribution in [2.75, 3.05) is 11.1 Å². The second kappa shape index (κ2) is 5.96. The fourth-order valence-corrected chi connectivity index (χ4v) is 1.95. The van der Waals surface area contributed by atoms with Crippen LogP contribution < -0.4 is 15.8 Å². The van der Waals surface area contributed by atoms with Gasteiger partial charge in [0.25, 0.3) is 0 Å². The standard InChI is InChI=1S/C17H15N3O/c18-17-12-14(9-10-19-17)20-13-5-4-8-16(11-13)21-15-6-2-1-3-7-15/h1-12H,(H3,18,19,20). The van der Waals surface area contributed by atoms with Crippen molar-refractivity contribution in [3.63, 3.8) is 0 Å². The van der Waals surface area contributed by atoms with Crippen LogP contribution in [0.5, 0.6) is 11.5 Å². The number of para-hydroxylation sites is 1. The number of hydrogen-bond acceptors (Lipinski definition) is 4. The molecule has 4 nitrogen and oxygen atoms in total. The molecule has 2 aromatic carbocycles. The Hall–Kier alpha value is -3.01. The van der Waals surface area contributed by atoms with E-state index in [1.807, 2.05) is 60.7 Å². The van der Waals surface area contributed by atoms with E-state index in [0.717, 1.165) is 22.9 Å². The smallest absolute Gasteiger partial charge is 0.129 e. The van der Waals surface area contributed by atoms with E-state index in [1.165, 1.54) is 0 Å². The first-order valence-electron chi connectivity index (χ1n) is 6.61. The van der Waals surface area contributed by atoms with Crippen molar-refractivity contribution in [2.45, 2.75) is 0 Å². The molecule has 0 aliphatic rings. The van der Waals surface area contributed by atoms with E-state index >= 15 is 0 Å². The quantitative estimate of drug-likeness (QED) is 0.750. The molecule has 0 spiro atoms. The molecule has 0 aliphatic heterocycles. The maximum atomic E-state index is 5.80. The molecular weight excluding hydrogens is 262 g/mol. The zero-order chi connectivity index (χ0) is 14.5. The SMILES string of the molecule is Nc1cc(Nc2cccc(Oc3ccccc3)c2)ccn1. The number of hydrogen-bond donors (Lipinski definition) is 2. The number of anilines is 3. The summed E-state index contributed by atoms with van der Waals surface area (Å²) >= 11 is 0. The van der Waals surface area contributed by atoms with Crippen LogP contribution >= 0.6 is 0 Å². The van der Waals surface area contributed by atoms with Crippen LogP contribution in [0.2, 0.25) is 0 Å². The Bertz CT molecular complexity index is 729. The molecule has 3 N–H and O–H groups in total. The van der Waals surface area contributed by atoms with Gasteiger partial charge in [0.1, 0.15) is 17.3 Å². The lowest BCUT2D eigenvalue weighted by Gasteiger charge is -2.10. The minimum atomic E-state index is 0.483. The van der Waals surface area contributed by atoms with E-state index in [-0.39, 0.29) is 0 Å². The van der Waals surface area contributed by atoms with E-state index in [4.69, 9.17) is 10.5 Å². The van der Waals surface area contributed by atoms with Crippen molar-refractivity contribution >= 4 is 17.2 Å². The van der Waals surface area contributed by atoms with Gasteiger partial charge in [0.15, 0.2) is 0 Å². The molecule has 3 aromatic rings. The third-order valence-corrected chi connectivity index (χ3v) is 2.88. The zero-order valence-corrected chi connectivity index (χ0v) is 11.4. The summed E-state index contributed by atoms with van der Waals surface area (Å²) in [6.07, 6.45) is 1.67. The second-order valence-electron chi connectivity index (χ2n) is 4.54. The highest BCUT2D eigenvalue weighted by Crippen LogP contribution is 2.25. The number of nitrogen functional groups attached to an aromatic ring is 1. The fraction of sp³-hybridized carbons (Fsp3) is 0. The molecule has 0 unspecified atom stereocenters. The molecule has 4 heteroatoms. The van der Waals surface area contributed by atoms with E-state index < -0.39 is 0 Å². The van der Waals surface area contributed by atoms with Gasteiger partial charge in [0.05, 0.1) is 0 Å². The van der Waals surface area contributed by atoms with Gasteiger partial charge in [0.2, 0.25) is 0 Å². The molecule has 0 bridgehead atoms. The summed E-state index contributed by atoms with van der Waals surface area (Å²) in [7, 11) is 0. The molecule has 0 atom stereocenters. The van der Waals surface area contributed by atoms with Crippen LogP contribution in [0.3, 0.4) is 0 Å². The first kappa shape index (κ1) is 13.0. The zero-order valence-electron chi connectivity index (χ0n) is 11.4. The Morgan fingerprint density at radius 3 is 2.38 bits per heavy atom. The number of nitrogens with one attached hydrogen (secondary N) is 1. The monoisotopic (exact) mass is 277 g/mol. The third-order valence-electron chi connectivity index (χ3n) is 2.88. The predicted molar refractivity (Wildman–Crippen MR) is 84.9 cm³/mol. The van der Waals surface area contributed by atoms with Gasteiger partial charge >= 0.3 is 0 Å². The topological polar surface area (TPSA) is 60.2 Å². The summed E-state index contributed by atoms with van der Waals surface area (Å²) in [5, 5.41) is 3.27. The number of benzene rings is 2. The molecule has 3 rings (SSSR count). The van der Waals surface area contributed by atoms with Crippen LogP contribution in [0.25, 0.3) is 0 Å². The Labute approximate surface area is 123 Å². The van der Waals surface area contributed by atoms with Crippen LogP contribution in [0, 0.1) is 0 Å². The molecular formula is C17H15N3O. The van der Waals surface area contributed by atoms with E-state index in [0.29, 0.717) is 5.82 Å². The molecule has 0 saturated carbocycles. The van der Waals surface area contributed by atoms with Gasteiger partial charge in [-0.1, -0.05) is 24.3 Å². The van der Waals surface area contributed by atoms with Crippen molar-refractivity contribution in [2.24, 2.45) is 0 Å². The highest BCUT2D eigenvalue weighted by Gasteiger charge is 2.00. The normalized spacial score (nSPS) is 10.1. The summed E-state index contributed by atoms with van der Waals surface area (Å²) in [5.41, 5.74) is 7.48. The number of nitrogens with two attached hydrogens (primary N) is 1. The first-order valence-corrected chi connectivity index (χ1v) is 6.61. The molecule has 0 aliphatic carbocycles. The van der Waals surface area contributed by atoms with Crippen LogP contribution in [0.1, 0.15) is 0 Å². The van der Waals surface area contributed by atoms with Gasteiger partial charge in [-0.15, -0.1) is 0 Å². The Kier molecular flexibility index (Phi) is 3.69. The molecule has 0 radical (unpaired) electrons. The summed E-state index contributed by atoms with van der Waals surface area (Å²) in [5.74, 6) is 2.06. The van der Waals surface area contributed by atoms with Crippen LogP contribution in [-0.2, 0) is 0 Å². The lowest BCUT2D eigenvalue weighted by molar-refractivity contribution is 0.483. The fourth-order valence-electron chi connectivity index (χ4n) is 1.95. The number of ether oxygens (including phenoxy) is 1. The summed E-state index contributed by atoms with van der Waals surface area (Å²) in [6.45, 7) is 0. The second-order valence-corrected chi connectivity index (χ2v) is 4.54. The van der Waals surface area contributed by atoms with Crippen molar-refractivity contribution < 1.29 is 4.74 Å². The Balaban J connectivity index is 1.77. The van der Waals surface area contributed by atoms with Gasteiger partial charge < -0.3 is 15.8 Å². The van der Waals surface area contributed by atoms with E-state index in [2.05, 4.69) is 10.3 Å². The van der Waals surface area contributed by atoms with Crippen molar-refractivity contribution in [3.05, 3.63) is 72.9 Å². The lowest BCUT2D eigenvalue weighted by atomic mass is 10.2. The summed E-state index contributed by atoms with van der Waals surface area (Å²) in [4.78, 5) is 3.97. The van der Waals surface area contributed by atoms with E-state index in [9.17, 15) is 0 Å². The molecule has 1 heterocycles. The average molecular weight is 277 g/mol. The van der Waals surface area contributed by atoms with Crippen molar-refractivity contribution in [1.29, 1.82) is 0 Å². The minimum Gasteiger partial charge on any atom is -0.457 e. The molecule has 0 fully saturated rings. The van der Waals surface area contributed by atoms with Crippen LogP contribution in [-0.4, -0.2) is 4.98 Å². The van der Waals surface area contributed by atoms with Gasteiger partial charge in [0, 0.05) is 29.7 Å².